The molecule has 2 atom stereocenters. The number of nitrogens with zero attached hydrogens (tertiary/aromatic N) is 1. The fraction of sp³-hybridized carbons (Fsp3) is 1.00. The van der Waals surface area contributed by atoms with Gasteiger partial charge in [-0.2, -0.15) is 0 Å². The summed E-state index contributed by atoms with van der Waals surface area (Å²) in [5.41, 5.74) is 0. The maximum Gasteiger partial charge on any atom is 0.170 e. The standard InChI is InChI=1S/C13H25NO3/c1-4-14(10(2)3)11-9-13(6-5-12(11)15)16-7-8-17-13/h10-12,15H,4-9H2,1-3H3. The minimum Gasteiger partial charge on any atom is -0.391 e. The van der Waals surface area contributed by atoms with Crippen LogP contribution in [0.15, 0.2) is 0 Å². The van der Waals surface area contributed by atoms with E-state index in [1.165, 1.54) is 0 Å². The van der Waals surface area contributed by atoms with Gasteiger partial charge in [-0.25, -0.2) is 0 Å². The van der Waals surface area contributed by atoms with Gasteiger partial charge in [-0.15, -0.1) is 0 Å². The Kier molecular flexibility index (Phi) is 4.08. The minimum atomic E-state index is -0.411. The molecule has 4 heteroatoms. The summed E-state index contributed by atoms with van der Waals surface area (Å²) >= 11 is 0. The molecule has 2 unspecified atom stereocenters. The molecule has 1 saturated heterocycles. The van der Waals surface area contributed by atoms with E-state index >= 15 is 0 Å². The minimum absolute atomic E-state index is 0.159. The van der Waals surface area contributed by atoms with Crippen molar-refractivity contribution < 1.29 is 14.6 Å². The Hall–Kier alpha value is -0.160. The van der Waals surface area contributed by atoms with Crippen molar-refractivity contribution in [3.05, 3.63) is 0 Å². The summed E-state index contributed by atoms with van der Waals surface area (Å²) in [4.78, 5) is 2.34. The molecule has 1 saturated carbocycles. The second kappa shape index (κ2) is 5.22. The van der Waals surface area contributed by atoms with Gasteiger partial charge in [0, 0.05) is 24.9 Å². The molecule has 4 nitrogen and oxygen atoms in total. The molecule has 0 aromatic rings. The summed E-state index contributed by atoms with van der Waals surface area (Å²) in [6, 6.07) is 0.600. The van der Waals surface area contributed by atoms with Crippen LogP contribution in [0.25, 0.3) is 0 Å². The Morgan fingerprint density at radius 2 is 2.00 bits per heavy atom. The Labute approximate surface area is 104 Å². The Morgan fingerprint density at radius 3 is 2.53 bits per heavy atom. The topological polar surface area (TPSA) is 41.9 Å². The third kappa shape index (κ3) is 2.65. The van der Waals surface area contributed by atoms with Crippen molar-refractivity contribution in [2.24, 2.45) is 0 Å². The Morgan fingerprint density at radius 1 is 1.35 bits per heavy atom. The Bertz CT molecular complexity index is 251. The zero-order valence-corrected chi connectivity index (χ0v) is 11.2. The van der Waals surface area contributed by atoms with E-state index in [4.69, 9.17) is 9.47 Å². The van der Waals surface area contributed by atoms with E-state index in [1.54, 1.807) is 0 Å². The number of aliphatic hydroxyl groups is 1. The maximum absolute atomic E-state index is 10.2. The first-order chi connectivity index (χ1) is 8.08. The number of aliphatic hydroxyl groups excluding tert-OH is 1. The van der Waals surface area contributed by atoms with E-state index in [9.17, 15) is 5.11 Å². The van der Waals surface area contributed by atoms with Crippen LogP contribution in [0.1, 0.15) is 40.0 Å². The monoisotopic (exact) mass is 243 g/mol. The van der Waals surface area contributed by atoms with E-state index < -0.39 is 5.79 Å². The predicted molar refractivity (Wildman–Crippen MR) is 65.8 cm³/mol. The largest absolute Gasteiger partial charge is 0.391 e. The molecule has 0 aromatic carbocycles. The lowest BCUT2D eigenvalue weighted by molar-refractivity contribution is -0.206. The van der Waals surface area contributed by atoms with Gasteiger partial charge in [0.1, 0.15) is 0 Å². The lowest BCUT2D eigenvalue weighted by Gasteiger charge is -2.45. The first-order valence-electron chi connectivity index (χ1n) is 6.80. The molecule has 0 bridgehead atoms. The van der Waals surface area contributed by atoms with Crippen LogP contribution in [0.2, 0.25) is 0 Å². The van der Waals surface area contributed by atoms with Crippen molar-refractivity contribution in [3.8, 4) is 0 Å². The quantitative estimate of drug-likeness (QED) is 0.813. The van der Waals surface area contributed by atoms with E-state index in [2.05, 4.69) is 25.7 Å². The molecular weight excluding hydrogens is 218 g/mol. The van der Waals surface area contributed by atoms with Gasteiger partial charge in [-0.3, -0.25) is 4.90 Å². The van der Waals surface area contributed by atoms with E-state index in [1.807, 2.05) is 0 Å². The molecule has 0 radical (unpaired) electrons. The Balaban J connectivity index is 2.08. The summed E-state index contributed by atoms with van der Waals surface area (Å²) in [5, 5.41) is 10.2. The van der Waals surface area contributed by atoms with E-state index in [0.29, 0.717) is 19.3 Å². The van der Waals surface area contributed by atoms with Gasteiger partial charge >= 0.3 is 0 Å². The van der Waals surface area contributed by atoms with Crippen molar-refractivity contribution in [2.45, 2.75) is 64.0 Å². The summed E-state index contributed by atoms with van der Waals surface area (Å²) in [5.74, 6) is -0.411. The molecule has 100 valence electrons. The number of rotatable bonds is 3. The third-order valence-corrected chi connectivity index (χ3v) is 4.05. The second-order valence-electron chi connectivity index (χ2n) is 5.41. The summed E-state index contributed by atoms with van der Waals surface area (Å²) < 4.78 is 11.5. The van der Waals surface area contributed by atoms with Gasteiger partial charge in [-0.1, -0.05) is 6.92 Å². The van der Waals surface area contributed by atoms with Gasteiger partial charge in [0.05, 0.1) is 19.3 Å². The number of hydrogen-bond acceptors (Lipinski definition) is 4. The number of ether oxygens (including phenoxy) is 2. The van der Waals surface area contributed by atoms with E-state index in [-0.39, 0.29) is 12.1 Å². The van der Waals surface area contributed by atoms with Crippen LogP contribution in [0.5, 0.6) is 0 Å². The normalized spacial score (nSPS) is 32.8. The van der Waals surface area contributed by atoms with Crippen LogP contribution in [0.4, 0.5) is 0 Å². The van der Waals surface area contributed by atoms with E-state index in [0.717, 1.165) is 25.8 Å². The van der Waals surface area contributed by atoms with Crippen molar-refractivity contribution in [2.75, 3.05) is 19.8 Å². The number of likely N-dealkylation sites (N-methyl/N-ethyl adjacent to an activating group) is 1. The van der Waals surface area contributed by atoms with Crippen LogP contribution < -0.4 is 0 Å². The highest BCUT2D eigenvalue weighted by Crippen LogP contribution is 2.38. The third-order valence-electron chi connectivity index (χ3n) is 4.05. The van der Waals surface area contributed by atoms with Crippen molar-refractivity contribution in [1.82, 2.24) is 4.90 Å². The van der Waals surface area contributed by atoms with Crippen LogP contribution in [0, 0.1) is 0 Å². The molecule has 1 N–H and O–H groups in total. The van der Waals surface area contributed by atoms with Gasteiger partial charge in [0.15, 0.2) is 5.79 Å². The highest BCUT2D eigenvalue weighted by atomic mass is 16.7. The van der Waals surface area contributed by atoms with Crippen LogP contribution in [0.3, 0.4) is 0 Å². The van der Waals surface area contributed by atoms with Crippen molar-refractivity contribution >= 4 is 0 Å². The maximum atomic E-state index is 10.2. The molecular formula is C13H25NO3. The molecule has 1 aliphatic heterocycles. The van der Waals surface area contributed by atoms with Crippen molar-refractivity contribution in [3.63, 3.8) is 0 Å². The van der Waals surface area contributed by atoms with Crippen LogP contribution in [-0.4, -0.2) is 53.7 Å². The highest BCUT2D eigenvalue weighted by Gasteiger charge is 2.46. The molecule has 17 heavy (non-hydrogen) atoms. The molecule has 1 spiro atoms. The average Bonchev–Trinajstić information content (AvgIpc) is 2.73. The lowest BCUT2D eigenvalue weighted by atomic mass is 9.86. The molecule has 2 fully saturated rings. The van der Waals surface area contributed by atoms with Gasteiger partial charge in [0.2, 0.25) is 0 Å². The number of hydrogen-bond donors (Lipinski definition) is 1. The average molecular weight is 243 g/mol. The molecule has 1 aliphatic carbocycles. The summed E-state index contributed by atoms with van der Waals surface area (Å²) in [6.45, 7) is 8.83. The van der Waals surface area contributed by atoms with Crippen LogP contribution >= 0.6 is 0 Å². The summed E-state index contributed by atoms with van der Waals surface area (Å²) in [6.07, 6.45) is 2.13. The fourth-order valence-corrected chi connectivity index (χ4v) is 3.20. The first kappa shape index (κ1) is 13.3. The first-order valence-corrected chi connectivity index (χ1v) is 6.80. The summed E-state index contributed by atoms with van der Waals surface area (Å²) in [7, 11) is 0. The molecule has 1 heterocycles. The SMILES string of the molecule is CCN(C(C)C)C1CC2(CCC1O)OCCO2. The predicted octanol–water partition coefficient (Wildman–Crippen LogP) is 1.37. The second-order valence-corrected chi connectivity index (χ2v) is 5.41. The van der Waals surface area contributed by atoms with Gasteiger partial charge < -0.3 is 14.6 Å². The zero-order valence-electron chi connectivity index (χ0n) is 11.2. The van der Waals surface area contributed by atoms with Crippen molar-refractivity contribution in [1.29, 1.82) is 0 Å². The fourth-order valence-electron chi connectivity index (χ4n) is 3.20. The van der Waals surface area contributed by atoms with Crippen LogP contribution in [-0.2, 0) is 9.47 Å². The lowest BCUT2D eigenvalue weighted by Crippen LogP contribution is -2.55. The highest BCUT2D eigenvalue weighted by molar-refractivity contribution is 4.93. The molecule has 0 aromatic heterocycles. The molecule has 2 rings (SSSR count). The van der Waals surface area contributed by atoms with Gasteiger partial charge in [-0.05, 0) is 26.8 Å². The molecule has 0 amide bonds. The van der Waals surface area contributed by atoms with Gasteiger partial charge in [0.25, 0.3) is 0 Å². The smallest absolute Gasteiger partial charge is 0.170 e. The molecule has 2 aliphatic rings. The zero-order chi connectivity index (χ0) is 12.5.